The van der Waals surface area contributed by atoms with Crippen molar-refractivity contribution in [3.05, 3.63) is 0 Å². The molecule has 0 bridgehead atoms. The Morgan fingerprint density at radius 3 is 2.30 bits per heavy atom. The number of amides is 2. The van der Waals surface area contributed by atoms with Gasteiger partial charge in [0.1, 0.15) is 0 Å². The van der Waals surface area contributed by atoms with Gasteiger partial charge in [0.15, 0.2) is 0 Å². The first-order valence-corrected chi connectivity index (χ1v) is 7.65. The third kappa shape index (κ3) is 4.67. The highest BCUT2D eigenvalue weighted by atomic mass is 16.4. The van der Waals surface area contributed by atoms with Crippen molar-refractivity contribution in [2.75, 3.05) is 32.7 Å². The minimum Gasteiger partial charge on any atom is -0.481 e. The molecular weight excluding hydrogens is 258 g/mol. The number of urea groups is 1. The quantitative estimate of drug-likeness (QED) is 0.811. The second-order valence-corrected chi connectivity index (χ2v) is 5.76. The number of piperazine rings is 1. The molecule has 2 rings (SSSR count). The topological polar surface area (TPSA) is 72.9 Å². The van der Waals surface area contributed by atoms with Crippen LogP contribution in [0.1, 0.15) is 38.5 Å². The number of nitrogens with zero attached hydrogens (tertiary/aromatic N) is 2. The summed E-state index contributed by atoms with van der Waals surface area (Å²) < 4.78 is 0. The molecule has 1 saturated carbocycles. The van der Waals surface area contributed by atoms with Gasteiger partial charge in [-0.2, -0.15) is 0 Å². The SMILES string of the molecule is O=C(O)CCN1CCN(C(=O)NC2CCCCC2)CC1. The molecule has 6 heteroatoms. The van der Waals surface area contributed by atoms with E-state index in [9.17, 15) is 9.59 Å². The summed E-state index contributed by atoms with van der Waals surface area (Å²) in [6.45, 7) is 3.50. The zero-order valence-electron chi connectivity index (χ0n) is 12.0. The number of carbonyl (C=O) groups is 2. The molecule has 0 aromatic heterocycles. The van der Waals surface area contributed by atoms with Gasteiger partial charge in [-0.1, -0.05) is 19.3 Å². The summed E-state index contributed by atoms with van der Waals surface area (Å²) in [6.07, 6.45) is 6.10. The summed E-state index contributed by atoms with van der Waals surface area (Å²) in [5, 5.41) is 11.8. The Morgan fingerprint density at radius 2 is 1.70 bits per heavy atom. The average molecular weight is 283 g/mol. The molecule has 0 aromatic carbocycles. The van der Waals surface area contributed by atoms with Gasteiger partial charge in [0, 0.05) is 38.8 Å². The molecule has 0 radical (unpaired) electrons. The molecule has 0 spiro atoms. The van der Waals surface area contributed by atoms with Gasteiger partial charge in [-0.15, -0.1) is 0 Å². The van der Waals surface area contributed by atoms with Crippen molar-refractivity contribution >= 4 is 12.0 Å². The number of aliphatic carboxylic acids is 1. The summed E-state index contributed by atoms with van der Waals surface area (Å²) in [5.41, 5.74) is 0. The van der Waals surface area contributed by atoms with E-state index in [1.807, 2.05) is 4.90 Å². The van der Waals surface area contributed by atoms with Gasteiger partial charge >= 0.3 is 12.0 Å². The molecule has 2 fully saturated rings. The Morgan fingerprint density at radius 1 is 1.05 bits per heavy atom. The van der Waals surface area contributed by atoms with E-state index in [0.29, 0.717) is 25.7 Å². The normalized spacial score (nSPS) is 21.7. The predicted molar refractivity (Wildman–Crippen MR) is 75.7 cm³/mol. The molecule has 1 heterocycles. The first-order valence-electron chi connectivity index (χ1n) is 7.65. The molecule has 0 aromatic rings. The van der Waals surface area contributed by atoms with Crippen LogP contribution in [0.5, 0.6) is 0 Å². The van der Waals surface area contributed by atoms with Crippen LogP contribution in [-0.2, 0) is 4.79 Å². The maximum atomic E-state index is 12.1. The Labute approximate surface area is 120 Å². The van der Waals surface area contributed by atoms with E-state index < -0.39 is 5.97 Å². The van der Waals surface area contributed by atoms with Crippen LogP contribution in [-0.4, -0.2) is 65.7 Å². The van der Waals surface area contributed by atoms with E-state index >= 15 is 0 Å². The van der Waals surface area contributed by atoms with Crippen LogP contribution >= 0.6 is 0 Å². The van der Waals surface area contributed by atoms with Gasteiger partial charge in [-0.25, -0.2) is 4.79 Å². The third-order valence-corrected chi connectivity index (χ3v) is 4.23. The van der Waals surface area contributed by atoms with Crippen LogP contribution in [0.25, 0.3) is 0 Å². The molecular formula is C14H25N3O3. The number of nitrogens with one attached hydrogen (secondary N) is 1. The number of rotatable bonds is 4. The summed E-state index contributed by atoms with van der Waals surface area (Å²) >= 11 is 0. The summed E-state index contributed by atoms with van der Waals surface area (Å²) in [6, 6.07) is 0.399. The van der Waals surface area contributed by atoms with Crippen LogP contribution in [0.2, 0.25) is 0 Å². The fourth-order valence-electron chi connectivity index (χ4n) is 2.94. The third-order valence-electron chi connectivity index (χ3n) is 4.23. The average Bonchev–Trinajstić information content (AvgIpc) is 2.46. The van der Waals surface area contributed by atoms with E-state index in [4.69, 9.17) is 5.11 Å². The maximum Gasteiger partial charge on any atom is 0.317 e. The molecule has 114 valence electrons. The highest BCUT2D eigenvalue weighted by molar-refractivity contribution is 5.74. The van der Waals surface area contributed by atoms with Crippen molar-refractivity contribution in [1.29, 1.82) is 0 Å². The highest BCUT2D eigenvalue weighted by Crippen LogP contribution is 2.17. The zero-order valence-corrected chi connectivity index (χ0v) is 12.0. The lowest BCUT2D eigenvalue weighted by Crippen LogP contribution is -2.53. The smallest absolute Gasteiger partial charge is 0.317 e. The molecule has 1 aliphatic carbocycles. The predicted octanol–water partition coefficient (Wildman–Crippen LogP) is 1.12. The number of carboxylic acid groups (broad SMARTS) is 1. The van der Waals surface area contributed by atoms with Gasteiger partial charge in [-0.3, -0.25) is 9.69 Å². The Bertz CT molecular complexity index is 335. The minimum absolute atomic E-state index is 0.0507. The van der Waals surface area contributed by atoms with Gasteiger partial charge < -0.3 is 15.3 Å². The van der Waals surface area contributed by atoms with E-state index in [1.165, 1.54) is 19.3 Å². The lowest BCUT2D eigenvalue weighted by molar-refractivity contribution is -0.137. The van der Waals surface area contributed by atoms with E-state index in [2.05, 4.69) is 10.2 Å². The van der Waals surface area contributed by atoms with Gasteiger partial charge in [-0.05, 0) is 12.8 Å². The highest BCUT2D eigenvalue weighted by Gasteiger charge is 2.23. The molecule has 0 unspecified atom stereocenters. The van der Waals surface area contributed by atoms with E-state index in [0.717, 1.165) is 25.9 Å². The van der Waals surface area contributed by atoms with E-state index in [-0.39, 0.29) is 12.5 Å². The molecule has 1 saturated heterocycles. The monoisotopic (exact) mass is 283 g/mol. The lowest BCUT2D eigenvalue weighted by atomic mass is 9.96. The van der Waals surface area contributed by atoms with Crippen molar-refractivity contribution in [3.8, 4) is 0 Å². The van der Waals surface area contributed by atoms with Crippen molar-refractivity contribution < 1.29 is 14.7 Å². The zero-order chi connectivity index (χ0) is 14.4. The van der Waals surface area contributed by atoms with Crippen LogP contribution in [0, 0.1) is 0 Å². The fourth-order valence-corrected chi connectivity index (χ4v) is 2.94. The second kappa shape index (κ2) is 7.47. The first-order chi connectivity index (χ1) is 9.65. The molecule has 0 atom stereocenters. The Hall–Kier alpha value is -1.30. The molecule has 2 aliphatic rings. The molecule has 1 aliphatic heterocycles. The van der Waals surface area contributed by atoms with Crippen LogP contribution < -0.4 is 5.32 Å². The Kier molecular flexibility index (Phi) is 5.64. The molecule has 20 heavy (non-hydrogen) atoms. The molecule has 6 nitrogen and oxygen atoms in total. The van der Waals surface area contributed by atoms with Crippen molar-refractivity contribution in [1.82, 2.24) is 15.1 Å². The first kappa shape index (κ1) is 15.1. The van der Waals surface area contributed by atoms with Crippen LogP contribution in [0.3, 0.4) is 0 Å². The van der Waals surface area contributed by atoms with Crippen LogP contribution in [0.4, 0.5) is 4.79 Å². The van der Waals surface area contributed by atoms with Crippen molar-refractivity contribution in [3.63, 3.8) is 0 Å². The summed E-state index contributed by atoms with van der Waals surface area (Å²) in [4.78, 5) is 26.6. The largest absolute Gasteiger partial charge is 0.481 e. The minimum atomic E-state index is -0.762. The van der Waals surface area contributed by atoms with E-state index in [1.54, 1.807) is 0 Å². The van der Waals surface area contributed by atoms with Gasteiger partial charge in [0.05, 0.1) is 6.42 Å². The number of hydrogen-bond acceptors (Lipinski definition) is 3. The van der Waals surface area contributed by atoms with Crippen molar-refractivity contribution in [2.24, 2.45) is 0 Å². The number of hydrogen-bond donors (Lipinski definition) is 2. The standard InChI is InChI=1S/C14H25N3O3/c18-13(19)6-7-16-8-10-17(11-9-16)14(20)15-12-4-2-1-3-5-12/h12H,1-11H2,(H,15,20)(H,18,19). The molecule has 2 amide bonds. The van der Waals surface area contributed by atoms with Crippen LogP contribution in [0.15, 0.2) is 0 Å². The molecule has 2 N–H and O–H groups in total. The fraction of sp³-hybridized carbons (Fsp3) is 0.857. The number of carboxylic acids is 1. The van der Waals surface area contributed by atoms with Gasteiger partial charge in [0.25, 0.3) is 0 Å². The number of carbonyl (C=O) groups excluding carboxylic acids is 1. The summed E-state index contributed by atoms with van der Waals surface area (Å²) in [7, 11) is 0. The summed E-state index contributed by atoms with van der Waals surface area (Å²) in [5.74, 6) is -0.762. The van der Waals surface area contributed by atoms with Crippen molar-refractivity contribution in [2.45, 2.75) is 44.6 Å². The lowest BCUT2D eigenvalue weighted by Gasteiger charge is -2.35. The maximum absolute atomic E-state index is 12.1. The van der Waals surface area contributed by atoms with Gasteiger partial charge in [0.2, 0.25) is 0 Å². The second-order valence-electron chi connectivity index (χ2n) is 5.76. The Balaban J connectivity index is 1.67.